The Labute approximate surface area is 126 Å². The maximum atomic E-state index is 11.4. The highest BCUT2D eigenvalue weighted by Crippen LogP contribution is 2.41. The van der Waals surface area contributed by atoms with Gasteiger partial charge in [-0.3, -0.25) is 4.79 Å². The maximum absolute atomic E-state index is 11.4. The topological polar surface area (TPSA) is 55.8 Å². The second-order valence-corrected chi connectivity index (χ2v) is 6.54. The van der Waals surface area contributed by atoms with Crippen molar-refractivity contribution < 1.29 is 19.4 Å². The molecule has 1 aliphatic rings. The van der Waals surface area contributed by atoms with Crippen molar-refractivity contribution in [3.05, 3.63) is 23.3 Å². The van der Waals surface area contributed by atoms with E-state index in [0.29, 0.717) is 19.6 Å². The van der Waals surface area contributed by atoms with Crippen LogP contribution >= 0.6 is 0 Å². The van der Waals surface area contributed by atoms with Crippen LogP contribution < -0.4 is 9.47 Å². The third-order valence-electron chi connectivity index (χ3n) is 3.83. The fourth-order valence-corrected chi connectivity index (χ4v) is 2.64. The summed E-state index contributed by atoms with van der Waals surface area (Å²) in [5.74, 6) is 1.03. The molecule has 1 aromatic carbocycles. The van der Waals surface area contributed by atoms with Gasteiger partial charge in [-0.15, -0.1) is 0 Å². The van der Waals surface area contributed by atoms with E-state index in [0.717, 1.165) is 29.0 Å². The van der Waals surface area contributed by atoms with Crippen LogP contribution in [0.5, 0.6) is 11.5 Å². The number of hydrogen-bond acceptors (Lipinski definition) is 3. The molecule has 116 valence electrons. The number of benzene rings is 1. The Morgan fingerprint density at radius 1 is 1.29 bits per heavy atom. The number of carbonyl (C=O) groups is 1. The Morgan fingerprint density at radius 2 is 1.95 bits per heavy atom. The number of aliphatic carboxylic acids is 1. The molecule has 0 spiro atoms. The van der Waals surface area contributed by atoms with E-state index in [9.17, 15) is 9.90 Å². The first kappa shape index (κ1) is 15.7. The third kappa shape index (κ3) is 3.31. The zero-order valence-electron chi connectivity index (χ0n) is 13.2. The molecule has 0 fully saturated rings. The van der Waals surface area contributed by atoms with Crippen molar-refractivity contribution in [1.29, 1.82) is 0 Å². The summed E-state index contributed by atoms with van der Waals surface area (Å²) in [6, 6.07) is 3.88. The van der Waals surface area contributed by atoms with Gasteiger partial charge in [-0.2, -0.15) is 0 Å². The number of hydrogen-bond donors (Lipinski definition) is 1. The van der Waals surface area contributed by atoms with Gasteiger partial charge in [-0.05, 0) is 37.8 Å². The van der Waals surface area contributed by atoms with E-state index in [-0.39, 0.29) is 5.92 Å². The summed E-state index contributed by atoms with van der Waals surface area (Å²) in [4.78, 5) is 11.4. The molecule has 1 heterocycles. The summed E-state index contributed by atoms with van der Waals surface area (Å²) in [5.41, 5.74) is 1.30. The summed E-state index contributed by atoms with van der Waals surface area (Å²) in [6.45, 7) is 9.00. The van der Waals surface area contributed by atoms with E-state index in [1.165, 1.54) is 0 Å². The highest BCUT2D eigenvalue weighted by Gasteiger charge is 2.30. The molecule has 0 aromatic heterocycles. The van der Waals surface area contributed by atoms with Crippen LogP contribution in [0.3, 0.4) is 0 Å². The summed E-state index contributed by atoms with van der Waals surface area (Å²) < 4.78 is 11.6. The van der Waals surface area contributed by atoms with Crippen molar-refractivity contribution >= 4 is 5.97 Å². The quantitative estimate of drug-likeness (QED) is 0.920. The number of carboxylic acid groups (broad SMARTS) is 1. The van der Waals surface area contributed by atoms with Crippen molar-refractivity contribution in [2.75, 3.05) is 13.2 Å². The van der Waals surface area contributed by atoms with E-state index in [4.69, 9.17) is 9.47 Å². The minimum Gasteiger partial charge on any atom is -0.490 e. The van der Waals surface area contributed by atoms with Crippen LogP contribution in [0, 0.1) is 5.41 Å². The lowest BCUT2D eigenvalue weighted by atomic mass is 9.82. The Kier molecular flexibility index (Phi) is 4.45. The van der Waals surface area contributed by atoms with Crippen LogP contribution in [-0.4, -0.2) is 24.3 Å². The van der Waals surface area contributed by atoms with E-state index in [1.54, 1.807) is 13.8 Å². The molecule has 1 N–H and O–H groups in total. The van der Waals surface area contributed by atoms with Crippen molar-refractivity contribution in [3.8, 4) is 11.5 Å². The minimum atomic E-state index is -0.802. The van der Waals surface area contributed by atoms with Crippen LogP contribution in [0.25, 0.3) is 0 Å². The van der Waals surface area contributed by atoms with Gasteiger partial charge in [0.05, 0.1) is 18.6 Å². The summed E-state index contributed by atoms with van der Waals surface area (Å²) in [6.07, 6.45) is 1.34. The van der Waals surface area contributed by atoms with Gasteiger partial charge < -0.3 is 14.6 Å². The van der Waals surface area contributed by atoms with Crippen molar-refractivity contribution in [2.45, 2.75) is 46.5 Å². The van der Waals surface area contributed by atoms with Gasteiger partial charge in [0, 0.05) is 12.0 Å². The molecule has 1 aromatic rings. The molecule has 0 atom stereocenters. The summed E-state index contributed by atoms with van der Waals surface area (Å²) in [5, 5.41) is 9.36. The SMILES string of the molecule is CC(C)c1c(CC(C)(C)C(=O)O)ccc2c1OCCCO2. The lowest BCUT2D eigenvalue weighted by Crippen LogP contribution is -2.27. The van der Waals surface area contributed by atoms with Crippen molar-refractivity contribution in [1.82, 2.24) is 0 Å². The fraction of sp³-hybridized carbons (Fsp3) is 0.588. The predicted octanol–water partition coefficient (Wildman–Crippen LogP) is 3.62. The Hall–Kier alpha value is -1.71. The lowest BCUT2D eigenvalue weighted by Gasteiger charge is -2.24. The standard InChI is InChI=1S/C17H24O4/c1-11(2)14-12(10-17(3,4)16(18)19)6-7-13-15(14)21-9-5-8-20-13/h6-7,11H,5,8-10H2,1-4H3,(H,18,19). The first-order valence-electron chi connectivity index (χ1n) is 7.47. The van der Waals surface area contributed by atoms with E-state index < -0.39 is 11.4 Å². The molecule has 4 nitrogen and oxygen atoms in total. The zero-order valence-corrected chi connectivity index (χ0v) is 13.2. The monoisotopic (exact) mass is 292 g/mol. The molecule has 0 bridgehead atoms. The molecule has 0 saturated heterocycles. The average Bonchev–Trinajstić information content (AvgIpc) is 2.62. The zero-order chi connectivity index (χ0) is 15.6. The Bertz CT molecular complexity index is 532. The molecule has 0 saturated carbocycles. The molecule has 0 unspecified atom stereocenters. The molecule has 0 radical (unpaired) electrons. The highest BCUT2D eigenvalue weighted by atomic mass is 16.5. The van der Waals surface area contributed by atoms with Crippen LogP contribution in [0.15, 0.2) is 12.1 Å². The van der Waals surface area contributed by atoms with Gasteiger partial charge in [0.15, 0.2) is 11.5 Å². The minimum absolute atomic E-state index is 0.251. The van der Waals surface area contributed by atoms with Gasteiger partial charge in [0.1, 0.15) is 0 Å². The largest absolute Gasteiger partial charge is 0.490 e. The molecular weight excluding hydrogens is 268 g/mol. The molecule has 2 rings (SSSR count). The van der Waals surface area contributed by atoms with Gasteiger partial charge in [0.25, 0.3) is 0 Å². The summed E-state index contributed by atoms with van der Waals surface area (Å²) >= 11 is 0. The first-order chi connectivity index (χ1) is 9.83. The van der Waals surface area contributed by atoms with Crippen molar-refractivity contribution in [2.24, 2.45) is 5.41 Å². The second-order valence-electron chi connectivity index (χ2n) is 6.54. The maximum Gasteiger partial charge on any atom is 0.309 e. The van der Waals surface area contributed by atoms with E-state index >= 15 is 0 Å². The van der Waals surface area contributed by atoms with Crippen LogP contribution in [-0.2, 0) is 11.2 Å². The normalized spacial score (nSPS) is 14.9. The number of ether oxygens (including phenoxy) is 2. The molecule has 0 aliphatic carbocycles. The van der Waals surface area contributed by atoms with Gasteiger partial charge in [0.2, 0.25) is 0 Å². The van der Waals surface area contributed by atoms with E-state index in [1.807, 2.05) is 12.1 Å². The summed E-state index contributed by atoms with van der Waals surface area (Å²) in [7, 11) is 0. The third-order valence-corrected chi connectivity index (χ3v) is 3.83. The highest BCUT2D eigenvalue weighted by molar-refractivity contribution is 5.74. The molecular formula is C17H24O4. The van der Waals surface area contributed by atoms with Crippen LogP contribution in [0.1, 0.15) is 51.2 Å². The lowest BCUT2D eigenvalue weighted by molar-refractivity contribution is -0.146. The van der Waals surface area contributed by atoms with Crippen LogP contribution in [0.2, 0.25) is 0 Å². The molecule has 0 amide bonds. The Morgan fingerprint density at radius 3 is 2.57 bits per heavy atom. The smallest absolute Gasteiger partial charge is 0.309 e. The van der Waals surface area contributed by atoms with Gasteiger partial charge >= 0.3 is 5.97 Å². The molecule has 4 heteroatoms. The molecule has 21 heavy (non-hydrogen) atoms. The number of carboxylic acids is 1. The first-order valence-corrected chi connectivity index (χ1v) is 7.47. The number of rotatable bonds is 4. The van der Waals surface area contributed by atoms with Gasteiger partial charge in [-0.1, -0.05) is 19.9 Å². The second kappa shape index (κ2) is 5.96. The van der Waals surface area contributed by atoms with E-state index in [2.05, 4.69) is 13.8 Å². The predicted molar refractivity (Wildman–Crippen MR) is 81.3 cm³/mol. The Balaban J connectivity index is 2.47. The average molecular weight is 292 g/mol. The fourth-order valence-electron chi connectivity index (χ4n) is 2.64. The van der Waals surface area contributed by atoms with Crippen LogP contribution in [0.4, 0.5) is 0 Å². The van der Waals surface area contributed by atoms with Gasteiger partial charge in [-0.25, -0.2) is 0 Å². The molecule has 1 aliphatic heterocycles. The number of fused-ring (bicyclic) bond motifs is 1. The van der Waals surface area contributed by atoms with Crippen molar-refractivity contribution in [3.63, 3.8) is 0 Å².